The molecule has 0 aromatic heterocycles. The second-order valence-electron chi connectivity index (χ2n) is 3.92. The molecule has 1 aromatic rings. The van der Waals surface area contributed by atoms with Crippen LogP contribution in [0.15, 0.2) is 22.7 Å². The summed E-state index contributed by atoms with van der Waals surface area (Å²) in [6.07, 6.45) is 3.54. The van der Waals surface area contributed by atoms with Crippen LogP contribution in [0.2, 0.25) is 5.02 Å². The zero-order chi connectivity index (χ0) is 10.2. The summed E-state index contributed by atoms with van der Waals surface area (Å²) >= 11 is 9.54. The maximum atomic E-state index is 9.71. The highest BCUT2D eigenvalue weighted by atomic mass is 79.9. The quantitative estimate of drug-likeness (QED) is 0.894. The molecule has 2 rings (SSSR count). The molecule has 0 unspecified atom stereocenters. The van der Waals surface area contributed by atoms with Crippen LogP contribution in [0.3, 0.4) is 0 Å². The fraction of sp³-hybridized carbons (Fsp3) is 0.455. The van der Waals surface area contributed by atoms with Crippen molar-refractivity contribution in [1.29, 1.82) is 0 Å². The summed E-state index contributed by atoms with van der Waals surface area (Å²) in [5.74, 6) is 0. The minimum absolute atomic E-state index is 0.390. The number of hydrogen-bond acceptors (Lipinski definition) is 1. The highest BCUT2D eigenvalue weighted by molar-refractivity contribution is 9.10. The molecule has 0 saturated heterocycles. The molecule has 0 atom stereocenters. The number of aliphatic hydroxyl groups is 1. The number of benzene rings is 1. The van der Waals surface area contributed by atoms with Crippen molar-refractivity contribution >= 4 is 27.5 Å². The standard InChI is InChI=1S/C11H12BrClO/c12-9-2-1-3-10(13)8(9)4-5-11(14)6-7-11/h1-3,14H,4-7H2. The highest BCUT2D eigenvalue weighted by Crippen LogP contribution is 2.40. The van der Waals surface area contributed by atoms with E-state index in [9.17, 15) is 5.11 Å². The molecule has 14 heavy (non-hydrogen) atoms. The Morgan fingerprint density at radius 3 is 2.71 bits per heavy atom. The molecule has 0 radical (unpaired) electrons. The van der Waals surface area contributed by atoms with Crippen LogP contribution in [0.1, 0.15) is 24.8 Å². The van der Waals surface area contributed by atoms with E-state index in [1.165, 1.54) is 0 Å². The summed E-state index contributed by atoms with van der Waals surface area (Å²) < 4.78 is 1.04. The molecule has 0 aliphatic heterocycles. The largest absolute Gasteiger partial charge is 0.390 e. The minimum atomic E-state index is -0.390. The van der Waals surface area contributed by atoms with E-state index in [0.717, 1.165) is 40.7 Å². The van der Waals surface area contributed by atoms with Crippen LogP contribution in [-0.4, -0.2) is 10.7 Å². The van der Waals surface area contributed by atoms with Gasteiger partial charge < -0.3 is 5.11 Å². The topological polar surface area (TPSA) is 20.2 Å². The predicted octanol–water partition coefficient (Wildman–Crippen LogP) is 3.56. The van der Waals surface area contributed by atoms with Crippen molar-refractivity contribution in [2.24, 2.45) is 0 Å². The van der Waals surface area contributed by atoms with Crippen LogP contribution in [0, 0.1) is 0 Å². The van der Waals surface area contributed by atoms with Crippen LogP contribution in [0.25, 0.3) is 0 Å². The molecule has 1 saturated carbocycles. The third-order valence-electron chi connectivity index (χ3n) is 2.73. The number of halogens is 2. The Kier molecular flexibility index (Phi) is 2.87. The fourth-order valence-electron chi connectivity index (χ4n) is 1.52. The first-order valence-corrected chi connectivity index (χ1v) is 5.93. The van der Waals surface area contributed by atoms with E-state index in [2.05, 4.69) is 15.9 Å². The van der Waals surface area contributed by atoms with Gasteiger partial charge in [0, 0.05) is 9.50 Å². The zero-order valence-corrected chi connectivity index (χ0v) is 10.1. The van der Waals surface area contributed by atoms with Crippen LogP contribution >= 0.6 is 27.5 Å². The van der Waals surface area contributed by atoms with E-state index in [4.69, 9.17) is 11.6 Å². The molecule has 1 aliphatic carbocycles. The van der Waals surface area contributed by atoms with E-state index >= 15 is 0 Å². The average Bonchev–Trinajstić information content (AvgIpc) is 2.83. The Morgan fingerprint density at radius 1 is 1.43 bits per heavy atom. The lowest BCUT2D eigenvalue weighted by atomic mass is 10.1. The van der Waals surface area contributed by atoms with E-state index in [1.54, 1.807) is 0 Å². The molecule has 0 spiro atoms. The van der Waals surface area contributed by atoms with Gasteiger partial charge in [0.25, 0.3) is 0 Å². The zero-order valence-electron chi connectivity index (χ0n) is 7.76. The summed E-state index contributed by atoms with van der Waals surface area (Å²) in [6.45, 7) is 0. The van der Waals surface area contributed by atoms with Gasteiger partial charge in [-0.05, 0) is 43.4 Å². The second-order valence-corrected chi connectivity index (χ2v) is 5.19. The lowest BCUT2D eigenvalue weighted by molar-refractivity contribution is 0.140. The summed E-state index contributed by atoms with van der Waals surface area (Å²) in [5.41, 5.74) is 0.716. The predicted molar refractivity (Wildman–Crippen MR) is 61.7 cm³/mol. The smallest absolute Gasteiger partial charge is 0.0653 e. The molecule has 0 amide bonds. The van der Waals surface area contributed by atoms with Gasteiger partial charge in [0.05, 0.1) is 5.60 Å². The van der Waals surface area contributed by atoms with Crippen molar-refractivity contribution in [3.8, 4) is 0 Å². The van der Waals surface area contributed by atoms with Crippen molar-refractivity contribution in [3.63, 3.8) is 0 Å². The van der Waals surface area contributed by atoms with Gasteiger partial charge in [-0.1, -0.05) is 33.6 Å². The molecule has 1 fully saturated rings. The molecule has 0 heterocycles. The van der Waals surface area contributed by atoms with E-state index in [-0.39, 0.29) is 0 Å². The first kappa shape index (κ1) is 10.5. The third kappa shape index (κ3) is 2.30. The Hall–Kier alpha value is -0.0500. The molecule has 1 aromatic carbocycles. The Morgan fingerprint density at radius 2 is 2.14 bits per heavy atom. The van der Waals surface area contributed by atoms with E-state index < -0.39 is 5.60 Å². The molecule has 3 heteroatoms. The van der Waals surface area contributed by atoms with Crippen molar-refractivity contribution in [2.75, 3.05) is 0 Å². The second kappa shape index (κ2) is 3.84. The maximum Gasteiger partial charge on any atom is 0.0653 e. The molecule has 76 valence electrons. The van der Waals surface area contributed by atoms with Crippen molar-refractivity contribution in [3.05, 3.63) is 33.3 Å². The summed E-state index contributed by atoms with van der Waals surface area (Å²) in [5, 5.41) is 10.5. The third-order valence-corrected chi connectivity index (χ3v) is 3.83. The molecule has 1 N–H and O–H groups in total. The first-order valence-electron chi connectivity index (χ1n) is 4.76. The van der Waals surface area contributed by atoms with Crippen molar-refractivity contribution < 1.29 is 5.11 Å². The van der Waals surface area contributed by atoms with Crippen LogP contribution in [0.4, 0.5) is 0 Å². The molecule has 1 nitrogen and oxygen atoms in total. The van der Waals surface area contributed by atoms with Gasteiger partial charge in [-0.15, -0.1) is 0 Å². The number of hydrogen-bond donors (Lipinski definition) is 1. The Bertz CT molecular complexity index is 327. The average molecular weight is 276 g/mol. The van der Waals surface area contributed by atoms with Crippen LogP contribution < -0.4 is 0 Å². The van der Waals surface area contributed by atoms with Crippen LogP contribution in [0.5, 0.6) is 0 Å². The lowest BCUT2D eigenvalue weighted by Gasteiger charge is -2.10. The van der Waals surface area contributed by atoms with Crippen LogP contribution in [-0.2, 0) is 6.42 Å². The number of rotatable bonds is 3. The van der Waals surface area contributed by atoms with Gasteiger partial charge in [0.2, 0.25) is 0 Å². The SMILES string of the molecule is OC1(CCc2c(Cl)cccc2Br)CC1. The maximum absolute atomic E-state index is 9.71. The van der Waals surface area contributed by atoms with Crippen molar-refractivity contribution in [2.45, 2.75) is 31.3 Å². The monoisotopic (exact) mass is 274 g/mol. The Balaban J connectivity index is 2.08. The van der Waals surface area contributed by atoms with Gasteiger partial charge >= 0.3 is 0 Å². The molecule has 0 bridgehead atoms. The van der Waals surface area contributed by atoms with E-state index in [1.807, 2.05) is 18.2 Å². The molecular formula is C11H12BrClO. The van der Waals surface area contributed by atoms with Gasteiger partial charge in [-0.25, -0.2) is 0 Å². The van der Waals surface area contributed by atoms with Gasteiger partial charge in [-0.2, -0.15) is 0 Å². The fourth-order valence-corrected chi connectivity index (χ4v) is 2.47. The van der Waals surface area contributed by atoms with Gasteiger partial charge in [0.15, 0.2) is 0 Å². The lowest BCUT2D eigenvalue weighted by Crippen LogP contribution is -2.08. The summed E-state index contributed by atoms with van der Waals surface area (Å²) in [6, 6.07) is 5.79. The summed E-state index contributed by atoms with van der Waals surface area (Å²) in [7, 11) is 0. The molecule has 1 aliphatic rings. The van der Waals surface area contributed by atoms with Gasteiger partial charge in [-0.3, -0.25) is 0 Å². The van der Waals surface area contributed by atoms with Gasteiger partial charge in [0.1, 0.15) is 0 Å². The highest BCUT2D eigenvalue weighted by Gasteiger charge is 2.39. The van der Waals surface area contributed by atoms with Crippen molar-refractivity contribution in [1.82, 2.24) is 0 Å². The minimum Gasteiger partial charge on any atom is -0.390 e. The Labute approximate surface area is 97.2 Å². The first-order chi connectivity index (χ1) is 6.61. The molecular weight excluding hydrogens is 263 g/mol. The normalized spacial score (nSPS) is 18.2. The summed E-state index contributed by atoms with van der Waals surface area (Å²) in [4.78, 5) is 0. The van der Waals surface area contributed by atoms with E-state index in [0.29, 0.717) is 0 Å².